The topological polar surface area (TPSA) is 23.6 Å². The fourth-order valence-corrected chi connectivity index (χ4v) is 5.60. The van der Waals surface area contributed by atoms with Crippen LogP contribution in [0.3, 0.4) is 0 Å². The first-order valence-corrected chi connectivity index (χ1v) is 10.9. The first-order valence-electron chi connectivity index (χ1n) is 10.9. The average Bonchev–Trinajstić information content (AvgIpc) is 2.84. The third kappa shape index (κ3) is 4.37. The van der Waals surface area contributed by atoms with Gasteiger partial charge in [-0.25, -0.2) is 4.39 Å². The smallest absolute Gasteiger partial charge is 0.223 e. The molecule has 27 heavy (non-hydrogen) atoms. The van der Waals surface area contributed by atoms with Crippen LogP contribution in [0, 0.1) is 11.7 Å². The van der Waals surface area contributed by atoms with Gasteiger partial charge in [0.25, 0.3) is 0 Å². The van der Waals surface area contributed by atoms with E-state index in [9.17, 15) is 9.18 Å². The molecule has 3 nitrogen and oxygen atoms in total. The van der Waals surface area contributed by atoms with Crippen LogP contribution in [0.25, 0.3) is 0 Å². The van der Waals surface area contributed by atoms with Crippen LogP contribution in [-0.2, 0) is 11.3 Å². The Morgan fingerprint density at radius 2 is 1.89 bits per heavy atom. The first-order chi connectivity index (χ1) is 13.1. The highest BCUT2D eigenvalue weighted by Gasteiger charge is 2.46. The van der Waals surface area contributed by atoms with Crippen LogP contribution in [-0.4, -0.2) is 40.9 Å². The van der Waals surface area contributed by atoms with Crippen molar-refractivity contribution in [2.45, 2.75) is 76.3 Å². The minimum Gasteiger partial charge on any atom is -0.337 e. The standard InChI is InChI=1S/C23H33FN2O/c24-21-9-4-8-20(16-21)17-25-14-5-11-23(13-15-25)12-10-22(27)26(23)18-19-6-2-1-3-7-19/h4,8-9,16,19H,1-3,5-7,10-15,17-18H2/t23-/m0/s1. The Bertz CT molecular complexity index is 658. The van der Waals surface area contributed by atoms with Crippen molar-refractivity contribution < 1.29 is 9.18 Å². The number of amides is 1. The van der Waals surface area contributed by atoms with Gasteiger partial charge in [0.15, 0.2) is 0 Å². The Balaban J connectivity index is 1.41. The van der Waals surface area contributed by atoms with Crippen molar-refractivity contribution in [1.82, 2.24) is 9.80 Å². The highest BCUT2D eigenvalue weighted by atomic mass is 19.1. The first kappa shape index (κ1) is 18.9. The van der Waals surface area contributed by atoms with Gasteiger partial charge in [-0.3, -0.25) is 9.69 Å². The summed E-state index contributed by atoms with van der Waals surface area (Å²) in [5, 5.41) is 0. The van der Waals surface area contributed by atoms with Crippen molar-refractivity contribution in [3.8, 4) is 0 Å². The molecule has 1 atom stereocenters. The lowest BCUT2D eigenvalue weighted by molar-refractivity contribution is -0.132. The molecule has 4 rings (SSSR count). The number of hydrogen-bond acceptors (Lipinski definition) is 2. The summed E-state index contributed by atoms with van der Waals surface area (Å²) in [4.78, 5) is 17.5. The van der Waals surface area contributed by atoms with Gasteiger partial charge in [-0.2, -0.15) is 0 Å². The lowest BCUT2D eigenvalue weighted by Gasteiger charge is -2.41. The summed E-state index contributed by atoms with van der Waals surface area (Å²) in [6.07, 6.45) is 11.7. The molecule has 2 heterocycles. The van der Waals surface area contributed by atoms with Crippen LogP contribution in [0.15, 0.2) is 24.3 Å². The summed E-state index contributed by atoms with van der Waals surface area (Å²) in [5.74, 6) is 0.947. The van der Waals surface area contributed by atoms with E-state index in [4.69, 9.17) is 0 Å². The number of likely N-dealkylation sites (tertiary alicyclic amines) is 2. The van der Waals surface area contributed by atoms with Gasteiger partial charge in [-0.05, 0) is 68.7 Å². The second-order valence-corrected chi connectivity index (χ2v) is 8.99. The van der Waals surface area contributed by atoms with E-state index in [-0.39, 0.29) is 11.4 Å². The summed E-state index contributed by atoms with van der Waals surface area (Å²) in [7, 11) is 0. The maximum absolute atomic E-state index is 13.5. The number of rotatable bonds is 4. The Morgan fingerprint density at radius 3 is 2.70 bits per heavy atom. The van der Waals surface area contributed by atoms with E-state index >= 15 is 0 Å². The zero-order valence-corrected chi connectivity index (χ0v) is 16.5. The van der Waals surface area contributed by atoms with E-state index in [1.165, 1.54) is 38.2 Å². The number of halogens is 1. The molecular weight excluding hydrogens is 339 g/mol. The number of hydrogen-bond donors (Lipinski definition) is 0. The monoisotopic (exact) mass is 372 g/mol. The Labute approximate surface area is 162 Å². The summed E-state index contributed by atoms with van der Waals surface area (Å²) in [5.41, 5.74) is 1.14. The van der Waals surface area contributed by atoms with E-state index in [2.05, 4.69) is 9.80 Å². The van der Waals surface area contributed by atoms with Gasteiger partial charge in [0.2, 0.25) is 5.91 Å². The zero-order chi connectivity index (χ0) is 18.7. The van der Waals surface area contributed by atoms with Crippen molar-refractivity contribution in [1.29, 1.82) is 0 Å². The third-order valence-corrected chi connectivity index (χ3v) is 7.15. The van der Waals surface area contributed by atoms with Crippen molar-refractivity contribution in [2.24, 2.45) is 5.92 Å². The second-order valence-electron chi connectivity index (χ2n) is 8.99. The van der Waals surface area contributed by atoms with Crippen LogP contribution < -0.4 is 0 Å². The van der Waals surface area contributed by atoms with E-state index in [0.29, 0.717) is 11.8 Å². The summed E-state index contributed by atoms with van der Waals surface area (Å²) < 4.78 is 13.5. The summed E-state index contributed by atoms with van der Waals surface area (Å²) in [6, 6.07) is 6.97. The van der Waals surface area contributed by atoms with Crippen molar-refractivity contribution in [3.63, 3.8) is 0 Å². The Hall–Kier alpha value is -1.42. The van der Waals surface area contributed by atoms with Gasteiger partial charge in [0, 0.05) is 31.6 Å². The van der Waals surface area contributed by atoms with Crippen LogP contribution >= 0.6 is 0 Å². The Kier molecular flexibility index (Phi) is 5.82. The van der Waals surface area contributed by atoms with Crippen LogP contribution in [0.5, 0.6) is 0 Å². The van der Waals surface area contributed by atoms with Gasteiger partial charge in [0.1, 0.15) is 5.82 Å². The number of carbonyl (C=O) groups is 1. The zero-order valence-electron chi connectivity index (χ0n) is 16.5. The van der Waals surface area contributed by atoms with Crippen LogP contribution in [0.1, 0.15) is 69.8 Å². The van der Waals surface area contributed by atoms with Crippen LogP contribution in [0.2, 0.25) is 0 Å². The molecule has 148 valence electrons. The molecule has 2 aliphatic heterocycles. The van der Waals surface area contributed by atoms with Crippen molar-refractivity contribution in [2.75, 3.05) is 19.6 Å². The molecule has 1 amide bonds. The predicted molar refractivity (Wildman–Crippen MR) is 106 cm³/mol. The van der Waals surface area contributed by atoms with Crippen molar-refractivity contribution >= 4 is 5.91 Å². The minimum absolute atomic E-state index is 0.0885. The quantitative estimate of drug-likeness (QED) is 0.761. The minimum atomic E-state index is -0.154. The second kappa shape index (κ2) is 8.30. The van der Waals surface area contributed by atoms with E-state index in [1.54, 1.807) is 12.1 Å². The highest BCUT2D eigenvalue weighted by Crippen LogP contribution is 2.41. The normalized spacial score (nSPS) is 28.0. The average molecular weight is 373 g/mol. The fraction of sp³-hybridized carbons (Fsp3) is 0.696. The maximum atomic E-state index is 13.5. The lowest BCUT2D eigenvalue weighted by Crippen LogP contribution is -2.48. The molecular formula is C23H33FN2O. The molecule has 1 aliphatic carbocycles. The molecule has 0 bridgehead atoms. The largest absolute Gasteiger partial charge is 0.337 e. The van der Waals surface area contributed by atoms with Gasteiger partial charge in [0.05, 0.1) is 0 Å². The van der Waals surface area contributed by atoms with E-state index in [1.807, 2.05) is 6.07 Å². The molecule has 1 spiro atoms. The molecule has 0 N–H and O–H groups in total. The fourth-order valence-electron chi connectivity index (χ4n) is 5.60. The molecule has 2 saturated heterocycles. The highest BCUT2D eigenvalue weighted by molar-refractivity contribution is 5.79. The van der Waals surface area contributed by atoms with Gasteiger partial charge in [-0.15, -0.1) is 0 Å². The number of nitrogens with zero attached hydrogens (tertiary/aromatic N) is 2. The number of benzene rings is 1. The van der Waals surface area contributed by atoms with Gasteiger partial charge < -0.3 is 4.90 Å². The molecule has 0 radical (unpaired) electrons. The van der Waals surface area contributed by atoms with Crippen LogP contribution in [0.4, 0.5) is 4.39 Å². The molecule has 0 unspecified atom stereocenters. The van der Waals surface area contributed by atoms with Gasteiger partial charge >= 0.3 is 0 Å². The van der Waals surface area contributed by atoms with Gasteiger partial charge in [-0.1, -0.05) is 31.4 Å². The molecule has 3 fully saturated rings. The number of carbonyl (C=O) groups excluding carboxylic acids is 1. The van der Waals surface area contributed by atoms with E-state index in [0.717, 1.165) is 63.8 Å². The molecule has 0 aromatic heterocycles. The SMILES string of the molecule is O=C1CC[C@]2(CCCN(Cc3cccc(F)c3)CC2)N1CC1CCCCC1. The predicted octanol–water partition coefficient (Wildman–Crippen LogP) is 4.75. The lowest BCUT2D eigenvalue weighted by atomic mass is 9.84. The maximum Gasteiger partial charge on any atom is 0.223 e. The molecule has 1 aromatic rings. The van der Waals surface area contributed by atoms with Crippen molar-refractivity contribution in [3.05, 3.63) is 35.6 Å². The molecule has 1 saturated carbocycles. The third-order valence-electron chi connectivity index (χ3n) is 7.15. The summed E-state index contributed by atoms with van der Waals surface area (Å²) in [6.45, 7) is 3.85. The molecule has 1 aromatic carbocycles. The van der Waals surface area contributed by atoms with E-state index < -0.39 is 0 Å². The Morgan fingerprint density at radius 1 is 1.04 bits per heavy atom. The summed E-state index contributed by atoms with van der Waals surface area (Å²) >= 11 is 0. The molecule has 3 aliphatic rings. The molecule has 4 heteroatoms.